The van der Waals surface area contributed by atoms with Crippen LogP contribution >= 0.6 is 0 Å². The lowest BCUT2D eigenvalue weighted by Gasteiger charge is -2.25. The number of benzene rings is 1. The Morgan fingerprint density at radius 3 is 2.76 bits per heavy atom. The van der Waals surface area contributed by atoms with Gasteiger partial charge in [-0.2, -0.15) is 0 Å². The highest BCUT2D eigenvalue weighted by Gasteiger charge is 2.24. The van der Waals surface area contributed by atoms with Crippen molar-refractivity contribution in [3.05, 3.63) is 58.9 Å². The summed E-state index contributed by atoms with van der Waals surface area (Å²) in [7, 11) is 3.51. The number of aliphatic imine (C=N–C) groups is 1. The van der Waals surface area contributed by atoms with Gasteiger partial charge >= 0.3 is 0 Å². The Morgan fingerprint density at radius 1 is 1.24 bits per heavy atom. The van der Waals surface area contributed by atoms with Gasteiger partial charge in [-0.05, 0) is 38.8 Å². The molecule has 1 aromatic carbocycles. The third kappa shape index (κ3) is 5.48. The van der Waals surface area contributed by atoms with Gasteiger partial charge in [-0.3, -0.25) is 14.9 Å². The summed E-state index contributed by atoms with van der Waals surface area (Å²) in [6, 6.07) is 11.2. The molecule has 6 nitrogen and oxygen atoms in total. The van der Waals surface area contributed by atoms with Crippen LogP contribution in [-0.2, 0) is 13.1 Å². The van der Waals surface area contributed by atoms with Crippen LogP contribution in [0.25, 0.3) is 0 Å². The molecule has 2 N–H and O–H groups in total. The molecule has 156 valence electrons. The lowest BCUT2D eigenvalue weighted by molar-refractivity contribution is 0.245. The SMILES string of the molecule is CN=C(NCc1ncc(C)c(OC)c1C)NCC1CCCN1Cc1ccccc1. The minimum absolute atomic E-state index is 0.521. The number of aryl methyl sites for hydroxylation is 1. The fraction of sp³-hybridized carbons (Fsp3) is 0.478. The van der Waals surface area contributed by atoms with Crippen molar-refractivity contribution in [3.63, 3.8) is 0 Å². The number of aromatic nitrogens is 1. The second kappa shape index (κ2) is 10.3. The summed E-state index contributed by atoms with van der Waals surface area (Å²) in [5.41, 5.74) is 4.47. The Morgan fingerprint density at radius 2 is 2.03 bits per heavy atom. The molecular weight excluding hydrogens is 362 g/mol. The maximum atomic E-state index is 5.51. The molecule has 0 radical (unpaired) electrons. The van der Waals surface area contributed by atoms with Crippen LogP contribution in [0.15, 0.2) is 41.5 Å². The van der Waals surface area contributed by atoms with Gasteiger partial charge in [0.25, 0.3) is 0 Å². The molecule has 0 aliphatic carbocycles. The van der Waals surface area contributed by atoms with Gasteiger partial charge in [0.05, 0.1) is 19.3 Å². The lowest BCUT2D eigenvalue weighted by Crippen LogP contribution is -2.44. The number of nitrogens with zero attached hydrogens (tertiary/aromatic N) is 3. The van der Waals surface area contributed by atoms with Gasteiger partial charge in [-0.1, -0.05) is 30.3 Å². The molecule has 0 saturated carbocycles. The van der Waals surface area contributed by atoms with Crippen molar-refractivity contribution in [1.82, 2.24) is 20.5 Å². The van der Waals surface area contributed by atoms with Gasteiger partial charge in [0.1, 0.15) is 5.75 Å². The molecule has 1 atom stereocenters. The van der Waals surface area contributed by atoms with Crippen molar-refractivity contribution in [2.24, 2.45) is 4.99 Å². The number of ether oxygens (including phenoxy) is 1. The molecule has 2 aromatic rings. The van der Waals surface area contributed by atoms with Crippen molar-refractivity contribution in [3.8, 4) is 5.75 Å². The van der Waals surface area contributed by atoms with Crippen LogP contribution in [0.4, 0.5) is 0 Å². The van der Waals surface area contributed by atoms with Gasteiger partial charge in [-0.25, -0.2) is 0 Å². The zero-order valence-corrected chi connectivity index (χ0v) is 18.0. The highest BCUT2D eigenvalue weighted by Crippen LogP contribution is 2.23. The van der Waals surface area contributed by atoms with E-state index in [2.05, 4.69) is 55.8 Å². The molecule has 29 heavy (non-hydrogen) atoms. The third-order valence-corrected chi connectivity index (χ3v) is 5.63. The summed E-state index contributed by atoms with van der Waals surface area (Å²) in [6.45, 7) is 7.72. The van der Waals surface area contributed by atoms with Crippen molar-refractivity contribution in [2.75, 3.05) is 27.2 Å². The zero-order valence-electron chi connectivity index (χ0n) is 18.0. The van der Waals surface area contributed by atoms with Gasteiger partial charge in [-0.15, -0.1) is 0 Å². The standard InChI is InChI=1S/C23H33N5O/c1-17-13-25-21(18(2)22(17)29-4)15-27-23(24-3)26-14-20-11-8-12-28(20)16-19-9-6-5-7-10-19/h5-7,9-10,13,20H,8,11-12,14-16H2,1-4H3,(H2,24,26,27). The van der Waals surface area contributed by atoms with E-state index in [4.69, 9.17) is 4.74 Å². The van der Waals surface area contributed by atoms with Crippen molar-refractivity contribution in [2.45, 2.75) is 45.8 Å². The van der Waals surface area contributed by atoms with Crippen LogP contribution in [0.5, 0.6) is 5.75 Å². The summed E-state index contributed by atoms with van der Waals surface area (Å²) >= 11 is 0. The van der Waals surface area contributed by atoms with Crippen LogP contribution < -0.4 is 15.4 Å². The normalized spacial score (nSPS) is 17.4. The maximum absolute atomic E-state index is 5.51. The molecule has 0 amide bonds. The van der Waals surface area contributed by atoms with Crippen LogP contribution in [0.2, 0.25) is 0 Å². The quantitative estimate of drug-likeness (QED) is 0.557. The first-order chi connectivity index (χ1) is 14.1. The van der Waals surface area contributed by atoms with E-state index in [1.54, 1.807) is 7.11 Å². The molecule has 0 spiro atoms. The number of hydrogen-bond donors (Lipinski definition) is 2. The summed E-state index contributed by atoms with van der Waals surface area (Å²) in [5, 5.41) is 6.88. The average Bonchev–Trinajstić information content (AvgIpc) is 3.17. The highest BCUT2D eigenvalue weighted by molar-refractivity contribution is 5.79. The molecule has 1 aliphatic rings. The van der Waals surface area contributed by atoms with Crippen LogP contribution in [-0.4, -0.2) is 49.1 Å². The summed E-state index contributed by atoms with van der Waals surface area (Å²) in [4.78, 5) is 11.5. The number of methoxy groups -OCH3 is 1. The van der Waals surface area contributed by atoms with Crippen molar-refractivity contribution >= 4 is 5.96 Å². The predicted octanol–water partition coefficient (Wildman–Crippen LogP) is 3.04. The van der Waals surface area contributed by atoms with Crippen molar-refractivity contribution in [1.29, 1.82) is 0 Å². The summed E-state index contributed by atoms with van der Waals surface area (Å²) in [6.07, 6.45) is 4.32. The predicted molar refractivity (Wildman–Crippen MR) is 118 cm³/mol. The molecule has 1 saturated heterocycles. The van der Waals surface area contributed by atoms with Gasteiger partial charge in [0.2, 0.25) is 0 Å². The number of nitrogens with one attached hydrogen (secondary N) is 2. The fourth-order valence-corrected chi connectivity index (χ4v) is 4.00. The summed E-state index contributed by atoms with van der Waals surface area (Å²) in [5.74, 6) is 1.71. The summed E-state index contributed by atoms with van der Waals surface area (Å²) < 4.78 is 5.51. The molecule has 1 unspecified atom stereocenters. The van der Waals surface area contributed by atoms with Gasteiger partial charge in [0.15, 0.2) is 5.96 Å². The van der Waals surface area contributed by atoms with Crippen LogP contribution in [0.1, 0.15) is 35.2 Å². The first kappa shape index (κ1) is 21.1. The van der Waals surface area contributed by atoms with Gasteiger partial charge in [0, 0.05) is 43.5 Å². The van der Waals surface area contributed by atoms with E-state index in [1.807, 2.05) is 27.1 Å². The largest absolute Gasteiger partial charge is 0.496 e. The van der Waals surface area contributed by atoms with E-state index in [0.29, 0.717) is 12.6 Å². The van der Waals surface area contributed by atoms with E-state index in [1.165, 1.54) is 18.4 Å². The zero-order chi connectivity index (χ0) is 20.6. The minimum atomic E-state index is 0.521. The Bertz CT molecular complexity index is 822. The van der Waals surface area contributed by atoms with E-state index < -0.39 is 0 Å². The Hall–Kier alpha value is -2.60. The Labute approximate surface area is 174 Å². The molecule has 2 heterocycles. The highest BCUT2D eigenvalue weighted by atomic mass is 16.5. The fourth-order valence-electron chi connectivity index (χ4n) is 4.00. The first-order valence-corrected chi connectivity index (χ1v) is 10.3. The van der Waals surface area contributed by atoms with E-state index in [0.717, 1.165) is 48.2 Å². The first-order valence-electron chi connectivity index (χ1n) is 10.3. The Kier molecular flexibility index (Phi) is 7.47. The number of likely N-dealkylation sites (tertiary alicyclic amines) is 1. The smallest absolute Gasteiger partial charge is 0.191 e. The van der Waals surface area contributed by atoms with E-state index in [9.17, 15) is 0 Å². The lowest BCUT2D eigenvalue weighted by atomic mass is 10.1. The minimum Gasteiger partial charge on any atom is -0.496 e. The number of rotatable bonds is 7. The molecule has 1 fully saturated rings. The molecule has 3 rings (SSSR count). The number of guanidine groups is 1. The van der Waals surface area contributed by atoms with Crippen LogP contribution in [0.3, 0.4) is 0 Å². The monoisotopic (exact) mass is 395 g/mol. The second-order valence-corrected chi connectivity index (χ2v) is 7.60. The average molecular weight is 396 g/mol. The molecule has 1 aliphatic heterocycles. The van der Waals surface area contributed by atoms with Gasteiger partial charge < -0.3 is 15.4 Å². The Balaban J connectivity index is 1.53. The van der Waals surface area contributed by atoms with E-state index in [-0.39, 0.29) is 0 Å². The second-order valence-electron chi connectivity index (χ2n) is 7.60. The number of hydrogen-bond acceptors (Lipinski definition) is 4. The maximum Gasteiger partial charge on any atom is 0.191 e. The third-order valence-electron chi connectivity index (χ3n) is 5.63. The molecule has 0 bridgehead atoms. The molecule has 6 heteroatoms. The van der Waals surface area contributed by atoms with E-state index >= 15 is 0 Å². The molecule has 1 aromatic heterocycles. The number of pyridine rings is 1. The molecular formula is C23H33N5O. The van der Waals surface area contributed by atoms with Crippen LogP contribution in [0, 0.1) is 13.8 Å². The topological polar surface area (TPSA) is 61.8 Å². The van der Waals surface area contributed by atoms with Crippen molar-refractivity contribution < 1.29 is 4.74 Å².